The third-order valence-electron chi connectivity index (χ3n) is 1.95. The summed E-state index contributed by atoms with van der Waals surface area (Å²) < 4.78 is 5.84. The summed E-state index contributed by atoms with van der Waals surface area (Å²) in [5.41, 5.74) is 0.726. The lowest BCUT2D eigenvalue weighted by atomic mass is 10.1. The Hall–Kier alpha value is -1.01. The summed E-state index contributed by atoms with van der Waals surface area (Å²) >= 11 is 8.05. The Kier molecular flexibility index (Phi) is 4.82. The minimum Gasteiger partial charge on any atom is -0.487 e. The van der Waals surface area contributed by atoms with Crippen molar-refractivity contribution in [3.05, 3.63) is 38.3 Å². The minimum absolute atomic E-state index is 0.0972. The van der Waals surface area contributed by atoms with Crippen LogP contribution in [0.3, 0.4) is 0 Å². The van der Waals surface area contributed by atoms with Crippen LogP contribution in [0.2, 0.25) is 0 Å². The van der Waals surface area contributed by atoms with Gasteiger partial charge in [-0.2, -0.15) is 0 Å². The van der Waals surface area contributed by atoms with Crippen molar-refractivity contribution >= 4 is 38.9 Å². The van der Waals surface area contributed by atoms with E-state index in [1.54, 1.807) is 19.1 Å². The smallest absolute Gasteiger partial charge is 0.273 e. The molecule has 1 aromatic rings. The molecule has 0 N–H and O–H groups in total. The fourth-order valence-corrected chi connectivity index (χ4v) is 1.90. The van der Waals surface area contributed by atoms with Gasteiger partial charge in [0.2, 0.25) is 0 Å². The zero-order chi connectivity index (χ0) is 12.1. The number of benzene rings is 1. The van der Waals surface area contributed by atoms with Gasteiger partial charge >= 0.3 is 0 Å². The average Bonchev–Trinajstić information content (AvgIpc) is 2.19. The lowest BCUT2D eigenvalue weighted by molar-refractivity contribution is -0.385. The summed E-state index contributed by atoms with van der Waals surface area (Å²) in [5, 5.41) is 11.2. The van der Waals surface area contributed by atoms with Gasteiger partial charge in [-0.15, -0.1) is 0 Å². The first-order chi connectivity index (χ1) is 7.52. The summed E-state index contributed by atoms with van der Waals surface area (Å²) in [6.45, 7) is 2.02. The molecule has 16 heavy (non-hydrogen) atoms. The van der Waals surface area contributed by atoms with E-state index in [1.807, 2.05) is 0 Å². The van der Waals surface area contributed by atoms with E-state index in [0.29, 0.717) is 28.1 Å². The summed E-state index contributed by atoms with van der Waals surface area (Å²) in [4.78, 5) is 10.4. The van der Waals surface area contributed by atoms with Gasteiger partial charge in [0.15, 0.2) is 5.05 Å². The highest BCUT2D eigenvalue weighted by Crippen LogP contribution is 2.26. The van der Waals surface area contributed by atoms with Gasteiger partial charge in [0.05, 0.1) is 11.5 Å². The number of halogens is 1. The van der Waals surface area contributed by atoms with E-state index >= 15 is 0 Å². The highest BCUT2D eigenvalue weighted by molar-refractivity contribution is 9.10. The number of nitro groups is 1. The van der Waals surface area contributed by atoms with E-state index < -0.39 is 4.92 Å². The van der Waals surface area contributed by atoms with E-state index in [1.165, 1.54) is 6.07 Å². The number of nitro benzene ring substituents is 1. The van der Waals surface area contributed by atoms with Crippen LogP contribution in [-0.4, -0.2) is 16.6 Å². The van der Waals surface area contributed by atoms with Crippen LogP contribution in [0.4, 0.5) is 5.69 Å². The van der Waals surface area contributed by atoms with Gasteiger partial charge in [0.1, 0.15) is 0 Å². The van der Waals surface area contributed by atoms with Gasteiger partial charge in [0.25, 0.3) is 5.69 Å². The zero-order valence-electron chi connectivity index (χ0n) is 8.60. The Morgan fingerprint density at radius 1 is 1.62 bits per heavy atom. The van der Waals surface area contributed by atoms with Crippen molar-refractivity contribution in [2.45, 2.75) is 13.3 Å². The van der Waals surface area contributed by atoms with Crippen LogP contribution in [0.5, 0.6) is 0 Å². The second-order valence-corrected chi connectivity index (χ2v) is 4.51. The number of nitrogens with zero attached hydrogens (tertiary/aromatic N) is 1. The number of ether oxygens (including phenoxy) is 1. The van der Waals surface area contributed by atoms with E-state index in [2.05, 4.69) is 15.9 Å². The molecular weight excluding hydrogens is 294 g/mol. The molecule has 0 saturated heterocycles. The molecule has 0 fully saturated rings. The summed E-state index contributed by atoms with van der Waals surface area (Å²) in [6, 6.07) is 4.88. The molecular formula is C10H10BrNO3S. The average molecular weight is 304 g/mol. The quantitative estimate of drug-likeness (QED) is 0.487. The molecule has 1 aromatic carbocycles. The first-order valence-corrected chi connectivity index (χ1v) is 5.77. The summed E-state index contributed by atoms with van der Waals surface area (Å²) in [5.74, 6) is 0. The molecule has 0 atom stereocenters. The largest absolute Gasteiger partial charge is 0.487 e. The van der Waals surface area contributed by atoms with Crippen molar-refractivity contribution in [3.8, 4) is 0 Å². The molecule has 0 radical (unpaired) electrons. The zero-order valence-corrected chi connectivity index (χ0v) is 11.0. The molecule has 0 aromatic heterocycles. The van der Waals surface area contributed by atoms with Gasteiger partial charge in [-0.25, -0.2) is 0 Å². The maximum Gasteiger partial charge on any atom is 0.273 e. The Labute approximate surface area is 107 Å². The Balaban J connectivity index is 2.84. The Morgan fingerprint density at radius 2 is 2.31 bits per heavy atom. The molecule has 6 heteroatoms. The topological polar surface area (TPSA) is 52.4 Å². The van der Waals surface area contributed by atoms with E-state index in [4.69, 9.17) is 17.0 Å². The van der Waals surface area contributed by atoms with Crippen LogP contribution >= 0.6 is 28.1 Å². The van der Waals surface area contributed by atoms with Crippen molar-refractivity contribution in [3.63, 3.8) is 0 Å². The molecule has 0 spiro atoms. The molecule has 0 unspecified atom stereocenters. The molecule has 0 aliphatic rings. The fraction of sp³-hybridized carbons (Fsp3) is 0.300. The molecule has 0 aliphatic heterocycles. The minimum atomic E-state index is -0.398. The predicted molar refractivity (Wildman–Crippen MR) is 68.7 cm³/mol. The summed E-state index contributed by atoms with van der Waals surface area (Å²) in [6.07, 6.45) is 0.450. The van der Waals surface area contributed by atoms with Crippen LogP contribution in [0.15, 0.2) is 22.7 Å². The van der Waals surface area contributed by atoms with Gasteiger partial charge in [-0.05, 0) is 18.3 Å². The van der Waals surface area contributed by atoms with Gasteiger partial charge in [-0.3, -0.25) is 10.1 Å². The lowest BCUT2D eigenvalue weighted by Gasteiger charge is -2.06. The molecule has 0 amide bonds. The molecule has 0 heterocycles. The Morgan fingerprint density at radius 3 is 2.88 bits per heavy atom. The van der Waals surface area contributed by atoms with Crippen LogP contribution in [-0.2, 0) is 11.2 Å². The SMILES string of the molecule is CC(=S)OCCc1c(Br)cccc1[N+](=O)[O-]. The standard InChI is InChI=1S/C10H10BrNO3S/c1-7(16)15-6-5-8-9(11)3-2-4-10(8)12(13)14/h2-4H,5-6H2,1H3. The number of hydrogen-bond acceptors (Lipinski definition) is 4. The highest BCUT2D eigenvalue weighted by atomic mass is 79.9. The van der Waals surface area contributed by atoms with Crippen LogP contribution in [0.25, 0.3) is 0 Å². The lowest BCUT2D eigenvalue weighted by Crippen LogP contribution is -2.04. The maximum absolute atomic E-state index is 10.8. The van der Waals surface area contributed by atoms with Gasteiger partial charge in [-0.1, -0.05) is 22.0 Å². The third-order valence-corrected chi connectivity index (χ3v) is 2.81. The monoisotopic (exact) mass is 303 g/mol. The third kappa shape index (κ3) is 3.53. The number of thiocarbonyl (C=S) groups is 1. The van der Waals surface area contributed by atoms with Crippen molar-refractivity contribution in [1.29, 1.82) is 0 Å². The first-order valence-electron chi connectivity index (χ1n) is 4.57. The molecule has 4 nitrogen and oxygen atoms in total. The number of hydrogen-bond donors (Lipinski definition) is 0. The van der Waals surface area contributed by atoms with Gasteiger partial charge in [0, 0.05) is 29.4 Å². The molecule has 0 aliphatic carbocycles. The predicted octanol–water partition coefficient (Wildman–Crippen LogP) is 3.26. The first kappa shape index (κ1) is 13.1. The fourth-order valence-electron chi connectivity index (χ4n) is 1.26. The summed E-state index contributed by atoms with van der Waals surface area (Å²) in [7, 11) is 0. The Bertz CT molecular complexity index is 423. The van der Waals surface area contributed by atoms with Crippen molar-refractivity contribution < 1.29 is 9.66 Å². The molecule has 0 bridgehead atoms. The molecule has 86 valence electrons. The maximum atomic E-state index is 10.8. The van der Waals surface area contributed by atoms with E-state index in [9.17, 15) is 10.1 Å². The van der Waals surface area contributed by atoms with Crippen LogP contribution in [0.1, 0.15) is 12.5 Å². The van der Waals surface area contributed by atoms with Crippen molar-refractivity contribution in [2.24, 2.45) is 0 Å². The number of rotatable bonds is 4. The molecule has 0 saturated carbocycles. The molecule has 1 rings (SSSR count). The van der Waals surface area contributed by atoms with Crippen molar-refractivity contribution in [2.75, 3.05) is 6.61 Å². The van der Waals surface area contributed by atoms with Gasteiger partial charge < -0.3 is 4.74 Å². The highest BCUT2D eigenvalue weighted by Gasteiger charge is 2.15. The van der Waals surface area contributed by atoms with Crippen LogP contribution in [0, 0.1) is 10.1 Å². The second kappa shape index (κ2) is 5.91. The van der Waals surface area contributed by atoms with Crippen LogP contribution < -0.4 is 0 Å². The van der Waals surface area contributed by atoms with E-state index in [-0.39, 0.29) is 5.69 Å². The normalized spacial score (nSPS) is 9.88. The second-order valence-electron chi connectivity index (χ2n) is 3.08. The van der Waals surface area contributed by atoms with Crippen molar-refractivity contribution in [1.82, 2.24) is 0 Å². The van der Waals surface area contributed by atoms with E-state index in [0.717, 1.165) is 0 Å².